The Hall–Kier alpha value is -2.82. The topological polar surface area (TPSA) is 58.6 Å². The SMILES string of the molecule is CCCCCCCOc1ccc(C(=O)Nc2cccc(C(=O)N(CC)CC)c2)cc1. The second kappa shape index (κ2) is 12.7. The molecule has 0 aromatic heterocycles. The lowest BCUT2D eigenvalue weighted by Crippen LogP contribution is -2.30. The Labute approximate surface area is 180 Å². The predicted molar refractivity (Wildman–Crippen MR) is 122 cm³/mol. The fourth-order valence-corrected chi connectivity index (χ4v) is 3.22. The minimum absolute atomic E-state index is 0.0349. The van der Waals surface area contributed by atoms with E-state index in [1.807, 2.05) is 26.0 Å². The van der Waals surface area contributed by atoms with E-state index in [1.165, 1.54) is 25.7 Å². The van der Waals surface area contributed by atoms with Crippen LogP contribution < -0.4 is 10.1 Å². The molecule has 1 N–H and O–H groups in total. The highest BCUT2D eigenvalue weighted by molar-refractivity contribution is 6.05. The lowest BCUT2D eigenvalue weighted by atomic mass is 10.1. The van der Waals surface area contributed by atoms with Crippen LogP contribution in [-0.4, -0.2) is 36.4 Å². The standard InChI is InChI=1S/C25H34N2O3/c1-4-7-8-9-10-18-30-23-16-14-20(15-17-23)24(28)26-22-13-11-12-21(19-22)25(29)27(5-2)6-3/h11-17,19H,4-10,18H2,1-3H3,(H,26,28). The minimum Gasteiger partial charge on any atom is -0.494 e. The molecule has 0 unspecified atom stereocenters. The number of benzene rings is 2. The normalized spacial score (nSPS) is 10.5. The number of hydrogen-bond donors (Lipinski definition) is 1. The molecule has 0 bridgehead atoms. The van der Waals surface area contributed by atoms with Gasteiger partial charge in [-0.05, 0) is 62.7 Å². The molecule has 0 aliphatic rings. The molecule has 30 heavy (non-hydrogen) atoms. The molecule has 5 nitrogen and oxygen atoms in total. The number of ether oxygens (including phenoxy) is 1. The van der Waals surface area contributed by atoms with Crippen LogP contribution in [0.1, 0.15) is 73.6 Å². The molecule has 5 heteroatoms. The minimum atomic E-state index is -0.214. The smallest absolute Gasteiger partial charge is 0.255 e. The van der Waals surface area contributed by atoms with Crippen molar-refractivity contribution in [2.45, 2.75) is 52.9 Å². The molecular weight excluding hydrogens is 376 g/mol. The van der Waals surface area contributed by atoms with E-state index in [-0.39, 0.29) is 11.8 Å². The average Bonchev–Trinajstić information content (AvgIpc) is 2.77. The van der Waals surface area contributed by atoms with Crippen molar-refractivity contribution in [2.24, 2.45) is 0 Å². The summed E-state index contributed by atoms with van der Waals surface area (Å²) < 4.78 is 5.75. The molecule has 0 saturated carbocycles. The lowest BCUT2D eigenvalue weighted by molar-refractivity contribution is 0.0772. The highest BCUT2D eigenvalue weighted by Gasteiger charge is 2.13. The van der Waals surface area contributed by atoms with E-state index in [2.05, 4.69) is 12.2 Å². The Balaban J connectivity index is 1.90. The molecule has 0 atom stereocenters. The largest absolute Gasteiger partial charge is 0.494 e. The Morgan fingerprint density at radius 1 is 0.867 bits per heavy atom. The summed E-state index contributed by atoms with van der Waals surface area (Å²) in [5, 5.41) is 2.87. The maximum Gasteiger partial charge on any atom is 0.255 e. The Bertz CT molecular complexity index is 798. The third-order valence-electron chi connectivity index (χ3n) is 5.05. The van der Waals surface area contributed by atoms with Gasteiger partial charge in [-0.2, -0.15) is 0 Å². The van der Waals surface area contributed by atoms with Crippen molar-refractivity contribution in [3.05, 3.63) is 59.7 Å². The van der Waals surface area contributed by atoms with Crippen LogP contribution >= 0.6 is 0 Å². The summed E-state index contributed by atoms with van der Waals surface area (Å²) in [5.41, 5.74) is 1.72. The number of hydrogen-bond acceptors (Lipinski definition) is 3. The molecule has 0 radical (unpaired) electrons. The van der Waals surface area contributed by atoms with Gasteiger partial charge in [-0.15, -0.1) is 0 Å². The zero-order chi connectivity index (χ0) is 21.8. The first-order valence-corrected chi connectivity index (χ1v) is 11.0. The number of anilines is 1. The summed E-state index contributed by atoms with van der Waals surface area (Å²) in [4.78, 5) is 26.8. The van der Waals surface area contributed by atoms with Crippen molar-refractivity contribution < 1.29 is 14.3 Å². The molecule has 0 heterocycles. The fraction of sp³-hybridized carbons (Fsp3) is 0.440. The van der Waals surface area contributed by atoms with E-state index >= 15 is 0 Å². The summed E-state index contributed by atoms with van der Waals surface area (Å²) >= 11 is 0. The summed E-state index contributed by atoms with van der Waals surface area (Å²) in [6.07, 6.45) is 5.99. The van der Waals surface area contributed by atoms with Gasteiger partial charge < -0.3 is 15.0 Å². The zero-order valence-corrected chi connectivity index (χ0v) is 18.4. The van der Waals surface area contributed by atoms with E-state index in [1.54, 1.807) is 41.3 Å². The number of nitrogens with one attached hydrogen (secondary N) is 1. The first-order chi connectivity index (χ1) is 14.6. The first-order valence-electron chi connectivity index (χ1n) is 11.0. The van der Waals surface area contributed by atoms with Gasteiger partial charge in [0.1, 0.15) is 5.75 Å². The number of unbranched alkanes of at least 4 members (excludes halogenated alkanes) is 4. The summed E-state index contributed by atoms with van der Waals surface area (Å²) in [6.45, 7) is 8.11. The van der Waals surface area contributed by atoms with E-state index in [0.29, 0.717) is 36.5 Å². The van der Waals surface area contributed by atoms with Crippen molar-refractivity contribution >= 4 is 17.5 Å². The van der Waals surface area contributed by atoms with Crippen LogP contribution in [0.4, 0.5) is 5.69 Å². The molecule has 0 spiro atoms. The summed E-state index contributed by atoms with van der Waals surface area (Å²) in [5.74, 6) is 0.523. The van der Waals surface area contributed by atoms with Crippen LogP contribution in [0.25, 0.3) is 0 Å². The molecule has 0 aliphatic carbocycles. The maximum absolute atomic E-state index is 12.6. The molecule has 162 valence electrons. The number of carbonyl (C=O) groups excluding carboxylic acids is 2. The van der Waals surface area contributed by atoms with Crippen LogP contribution in [0.2, 0.25) is 0 Å². The van der Waals surface area contributed by atoms with E-state index in [4.69, 9.17) is 4.74 Å². The van der Waals surface area contributed by atoms with Gasteiger partial charge >= 0.3 is 0 Å². The van der Waals surface area contributed by atoms with Crippen LogP contribution in [0.5, 0.6) is 5.75 Å². The molecular formula is C25H34N2O3. The highest BCUT2D eigenvalue weighted by atomic mass is 16.5. The third kappa shape index (κ3) is 7.21. The van der Waals surface area contributed by atoms with Gasteiger partial charge in [-0.25, -0.2) is 0 Å². The van der Waals surface area contributed by atoms with Gasteiger partial charge in [0.2, 0.25) is 0 Å². The van der Waals surface area contributed by atoms with Crippen LogP contribution in [0, 0.1) is 0 Å². The first kappa shape index (κ1) is 23.5. The third-order valence-corrected chi connectivity index (χ3v) is 5.05. The zero-order valence-electron chi connectivity index (χ0n) is 18.4. The van der Waals surface area contributed by atoms with E-state index in [9.17, 15) is 9.59 Å². The predicted octanol–water partition coefficient (Wildman–Crippen LogP) is 5.77. The number of carbonyl (C=O) groups is 2. The van der Waals surface area contributed by atoms with Gasteiger partial charge in [-0.3, -0.25) is 9.59 Å². The van der Waals surface area contributed by atoms with Crippen molar-refractivity contribution in [3.8, 4) is 5.75 Å². The molecule has 2 aromatic rings. The molecule has 0 fully saturated rings. The van der Waals surface area contributed by atoms with E-state index < -0.39 is 0 Å². The number of amides is 2. The monoisotopic (exact) mass is 410 g/mol. The second-order valence-corrected chi connectivity index (χ2v) is 7.30. The van der Waals surface area contributed by atoms with E-state index in [0.717, 1.165) is 12.2 Å². The van der Waals surface area contributed by atoms with Crippen molar-refractivity contribution in [3.63, 3.8) is 0 Å². The van der Waals surface area contributed by atoms with Gasteiger partial charge in [-0.1, -0.05) is 38.7 Å². The van der Waals surface area contributed by atoms with Crippen molar-refractivity contribution in [1.82, 2.24) is 4.90 Å². The molecule has 2 aromatic carbocycles. The van der Waals surface area contributed by atoms with Crippen molar-refractivity contribution in [2.75, 3.05) is 25.0 Å². The highest BCUT2D eigenvalue weighted by Crippen LogP contribution is 2.17. The van der Waals surface area contributed by atoms with Gasteiger partial charge in [0, 0.05) is 29.9 Å². The summed E-state index contributed by atoms with van der Waals surface area (Å²) in [6, 6.07) is 14.2. The summed E-state index contributed by atoms with van der Waals surface area (Å²) in [7, 11) is 0. The fourth-order valence-electron chi connectivity index (χ4n) is 3.22. The molecule has 2 amide bonds. The Kier molecular flexibility index (Phi) is 9.92. The second-order valence-electron chi connectivity index (χ2n) is 7.30. The number of rotatable bonds is 12. The molecule has 0 saturated heterocycles. The lowest BCUT2D eigenvalue weighted by Gasteiger charge is -2.19. The Morgan fingerprint density at radius 3 is 2.23 bits per heavy atom. The van der Waals surface area contributed by atoms with Crippen molar-refractivity contribution in [1.29, 1.82) is 0 Å². The van der Waals surface area contributed by atoms with Crippen LogP contribution in [0.15, 0.2) is 48.5 Å². The van der Waals surface area contributed by atoms with Gasteiger partial charge in [0.25, 0.3) is 11.8 Å². The maximum atomic E-state index is 12.6. The van der Waals surface area contributed by atoms with Crippen LogP contribution in [0.3, 0.4) is 0 Å². The van der Waals surface area contributed by atoms with Crippen LogP contribution in [-0.2, 0) is 0 Å². The number of nitrogens with zero attached hydrogens (tertiary/aromatic N) is 1. The average molecular weight is 411 g/mol. The molecule has 2 rings (SSSR count). The molecule has 0 aliphatic heterocycles. The Morgan fingerprint density at radius 2 is 1.57 bits per heavy atom. The quantitative estimate of drug-likeness (QED) is 0.452. The van der Waals surface area contributed by atoms with Gasteiger partial charge in [0.15, 0.2) is 0 Å². The van der Waals surface area contributed by atoms with Gasteiger partial charge in [0.05, 0.1) is 6.61 Å².